The van der Waals surface area contributed by atoms with Crippen LogP contribution < -0.4 is 10.1 Å². The molecule has 0 saturated carbocycles. The molecule has 2 rings (SSSR count). The molecule has 1 amide bonds. The summed E-state index contributed by atoms with van der Waals surface area (Å²) in [6.45, 7) is 4.52. The fourth-order valence-electron chi connectivity index (χ4n) is 2.53. The Bertz CT molecular complexity index is 447. The number of nitrogens with one attached hydrogen (secondary N) is 1. The molecule has 0 bridgehead atoms. The Morgan fingerprint density at radius 1 is 1.29 bits per heavy atom. The Morgan fingerprint density at radius 3 is 2.71 bits per heavy atom. The molecule has 1 saturated heterocycles. The summed E-state index contributed by atoms with van der Waals surface area (Å²) in [5.74, 6) is 1.02. The van der Waals surface area contributed by atoms with Gasteiger partial charge in [-0.3, -0.25) is 10.1 Å². The normalized spacial score (nSPS) is 18.3. The van der Waals surface area contributed by atoms with E-state index in [2.05, 4.69) is 5.32 Å². The van der Waals surface area contributed by atoms with Crippen molar-refractivity contribution >= 4 is 5.91 Å². The average Bonchev–Trinajstić information content (AvgIpc) is 2.86. The summed E-state index contributed by atoms with van der Waals surface area (Å²) in [6.07, 6.45) is 1.89. The molecular formula is C16H24N2O3. The predicted molar refractivity (Wildman–Crippen MR) is 81.2 cm³/mol. The second kappa shape index (κ2) is 8.00. The number of rotatable bonds is 8. The first-order valence-electron chi connectivity index (χ1n) is 7.50. The van der Waals surface area contributed by atoms with E-state index < -0.39 is 0 Å². The topological polar surface area (TPSA) is 50.8 Å². The number of carbonyl (C=O) groups excluding carboxylic acids is 1. The second-order valence-electron chi connectivity index (χ2n) is 5.07. The number of benzene rings is 1. The number of carbonyl (C=O) groups is 1. The minimum Gasteiger partial charge on any atom is -0.494 e. The maximum atomic E-state index is 12.0. The third-order valence-electron chi connectivity index (χ3n) is 3.58. The van der Waals surface area contributed by atoms with E-state index in [1.165, 1.54) is 0 Å². The zero-order valence-corrected chi connectivity index (χ0v) is 12.8. The van der Waals surface area contributed by atoms with Gasteiger partial charge in [-0.05, 0) is 37.5 Å². The fourth-order valence-corrected chi connectivity index (χ4v) is 2.53. The molecule has 5 nitrogen and oxygen atoms in total. The van der Waals surface area contributed by atoms with Crippen LogP contribution in [0.1, 0.15) is 31.5 Å². The highest BCUT2D eigenvalue weighted by Gasteiger charge is 2.30. The van der Waals surface area contributed by atoms with Gasteiger partial charge in [-0.15, -0.1) is 0 Å². The molecule has 0 aliphatic carbocycles. The Morgan fingerprint density at radius 2 is 2.05 bits per heavy atom. The van der Waals surface area contributed by atoms with E-state index in [0.717, 1.165) is 37.3 Å². The fraction of sp³-hybridized carbons (Fsp3) is 0.562. The van der Waals surface area contributed by atoms with Crippen molar-refractivity contribution < 1.29 is 14.3 Å². The largest absolute Gasteiger partial charge is 0.494 e. The van der Waals surface area contributed by atoms with Gasteiger partial charge in [-0.1, -0.05) is 12.1 Å². The van der Waals surface area contributed by atoms with Crippen LogP contribution >= 0.6 is 0 Å². The first-order chi connectivity index (χ1) is 10.3. The van der Waals surface area contributed by atoms with E-state index in [9.17, 15) is 4.79 Å². The second-order valence-corrected chi connectivity index (χ2v) is 5.07. The minimum absolute atomic E-state index is 0.0317. The zero-order chi connectivity index (χ0) is 15.1. The molecule has 116 valence electrons. The van der Waals surface area contributed by atoms with Crippen LogP contribution in [0.4, 0.5) is 0 Å². The Hall–Kier alpha value is -1.59. The Labute approximate surface area is 126 Å². The van der Waals surface area contributed by atoms with Crippen LogP contribution in [-0.2, 0) is 9.53 Å². The molecule has 1 aliphatic rings. The van der Waals surface area contributed by atoms with Gasteiger partial charge in [0.05, 0.1) is 13.2 Å². The molecule has 0 radical (unpaired) electrons. The molecule has 1 N–H and O–H groups in total. The molecule has 1 aliphatic heterocycles. The lowest BCUT2D eigenvalue weighted by Gasteiger charge is -2.24. The number of nitrogens with zero attached hydrogens (tertiary/aromatic N) is 1. The summed E-state index contributed by atoms with van der Waals surface area (Å²) in [4.78, 5) is 13.9. The van der Waals surface area contributed by atoms with Gasteiger partial charge in [-0.2, -0.15) is 0 Å². The van der Waals surface area contributed by atoms with Gasteiger partial charge in [0.1, 0.15) is 11.9 Å². The first kappa shape index (κ1) is 15.8. The zero-order valence-electron chi connectivity index (χ0n) is 12.8. The van der Waals surface area contributed by atoms with Crippen LogP contribution in [0.3, 0.4) is 0 Å². The maximum Gasteiger partial charge on any atom is 0.238 e. The number of methoxy groups -OCH3 is 1. The van der Waals surface area contributed by atoms with Crippen molar-refractivity contribution in [1.82, 2.24) is 10.2 Å². The van der Waals surface area contributed by atoms with Crippen molar-refractivity contribution in [2.45, 2.75) is 25.9 Å². The molecule has 0 spiro atoms. The highest BCUT2D eigenvalue weighted by molar-refractivity contribution is 5.80. The van der Waals surface area contributed by atoms with Crippen molar-refractivity contribution in [3.05, 3.63) is 29.8 Å². The molecule has 0 aromatic heterocycles. The molecule has 5 heteroatoms. The quantitative estimate of drug-likeness (QED) is 0.744. The van der Waals surface area contributed by atoms with E-state index in [4.69, 9.17) is 9.47 Å². The summed E-state index contributed by atoms with van der Waals surface area (Å²) in [7, 11) is 1.70. The van der Waals surface area contributed by atoms with Crippen molar-refractivity contribution in [2.75, 3.05) is 33.4 Å². The van der Waals surface area contributed by atoms with Crippen LogP contribution in [0.2, 0.25) is 0 Å². The van der Waals surface area contributed by atoms with Gasteiger partial charge in [0.15, 0.2) is 0 Å². The number of hydrogen-bond acceptors (Lipinski definition) is 4. The molecule has 1 aromatic rings. The lowest BCUT2D eigenvalue weighted by molar-refractivity contribution is -0.128. The molecule has 1 unspecified atom stereocenters. The van der Waals surface area contributed by atoms with Crippen LogP contribution in [-0.4, -0.2) is 44.2 Å². The van der Waals surface area contributed by atoms with Gasteiger partial charge < -0.3 is 14.4 Å². The summed E-state index contributed by atoms with van der Waals surface area (Å²) < 4.78 is 10.5. The van der Waals surface area contributed by atoms with Gasteiger partial charge in [0, 0.05) is 20.3 Å². The van der Waals surface area contributed by atoms with E-state index >= 15 is 0 Å². The van der Waals surface area contributed by atoms with Crippen molar-refractivity contribution in [2.24, 2.45) is 0 Å². The van der Waals surface area contributed by atoms with Gasteiger partial charge in [0.2, 0.25) is 5.91 Å². The smallest absolute Gasteiger partial charge is 0.238 e. The van der Waals surface area contributed by atoms with Gasteiger partial charge >= 0.3 is 0 Å². The summed E-state index contributed by atoms with van der Waals surface area (Å²) >= 11 is 0. The van der Waals surface area contributed by atoms with Crippen molar-refractivity contribution in [3.8, 4) is 5.75 Å². The molecule has 1 heterocycles. The van der Waals surface area contributed by atoms with E-state index in [-0.39, 0.29) is 12.1 Å². The van der Waals surface area contributed by atoms with Crippen LogP contribution in [0.15, 0.2) is 24.3 Å². The lowest BCUT2D eigenvalue weighted by Crippen LogP contribution is -2.31. The van der Waals surface area contributed by atoms with E-state index in [1.54, 1.807) is 7.11 Å². The number of amides is 1. The molecule has 1 atom stereocenters. The Kier molecular flexibility index (Phi) is 6.02. The third-order valence-corrected chi connectivity index (χ3v) is 3.58. The minimum atomic E-state index is -0.0317. The highest BCUT2D eigenvalue weighted by Crippen LogP contribution is 2.24. The standard InChI is InChI=1S/C16H24N2O3/c1-3-21-14-8-6-13(7-9-14)16-17-12-15(19)18(16)10-4-5-11-20-2/h6-9,16-17H,3-5,10-12H2,1-2H3. The number of hydrogen-bond donors (Lipinski definition) is 1. The van der Waals surface area contributed by atoms with Crippen molar-refractivity contribution in [3.63, 3.8) is 0 Å². The molecular weight excluding hydrogens is 268 g/mol. The van der Waals surface area contributed by atoms with E-state index in [0.29, 0.717) is 13.2 Å². The predicted octanol–water partition coefficient (Wildman–Crippen LogP) is 1.94. The summed E-state index contributed by atoms with van der Waals surface area (Å²) in [6, 6.07) is 7.94. The molecule has 1 aromatic carbocycles. The maximum absolute atomic E-state index is 12.0. The number of unbranched alkanes of at least 4 members (excludes halogenated alkanes) is 1. The third kappa shape index (κ3) is 4.19. The Balaban J connectivity index is 1.97. The number of ether oxygens (including phenoxy) is 2. The molecule has 21 heavy (non-hydrogen) atoms. The first-order valence-corrected chi connectivity index (χ1v) is 7.50. The molecule has 1 fully saturated rings. The SMILES string of the molecule is CCOc1ccc(C2NCC(=O)N2CCCCOC)cc1. The highest BCUT2D eigenvalue weighted by atomic mass is 16.5. The summed E-state index contributed by atoms with van der Waals surface area (Å²) in [5, 5.41) is 3.27. The van der Waals surface area contributed by atoms with Gasteiger partial charge in [0.25, 0.3) is 0 Å². The average molecular weight is 292 g/mol. The monoisotopic (exact) mass is 292 g/mol. The van der Waals surface area contributed by atoms with Crippen LogP contribution in [0.5, 0.6) is 5.75 Å². The van der Waals surface area contributed by atoms with Crippen LogP contribution in [0, 0.1) is 0 Å². The summed E-state index contributed by atoms with van der Waals surface area (Å²) in [5.41, 5.74) is 1.09. The lowest BCUT2D eigenvalue weighted by atomic mass is 10.1. The van der Waals surface area contributed by atoms with Gasteiger partial charge in [-0.25, -0.2) is 0 Å². The van der Waals surface area contributed by atoms with Crippen molar-refractivity contribution in [1.29, 1.82) is 0 Å². The van der Waals surface area contributed by atoms with Crippen LogP contribution in [0.25, 0.3) is 0 Å². The van der Waals surface area contributed by atoms with E-state index in [1.807, 2.05) is 36.1 Å².